The number of benzene rings is 2. The third kappa shape index (κ3) is 4.41. The van der Waals surface area contributed by atoms with E-state index in [4.69, 9.17) is 11.2 Å². The topological polar surface area (TPSA) is 116 Å². The Bertz CT molecular complexity index is 1080. The first-order valence-corrected chi connectivity index (χ1v) is 10.7. The largest absolute Gasteiger partial charge is 0.480 e. The van der Waals surface area contributed by atoms with Crippen LogP contribution in [0.2, 0.25) is 0 Å². The first kappa shape index (κ1) is 22.4. The van der Waals surface area contributed by atoms with Crippen molar-refractivity contribution in [2.24, 2.45) is 0 Å². The molecule has 1 aliphatic carbocycles. The molecule has 1 unspecified atom stereocenters. The van der Waals surface area contributed by atoms with Crippen LogP contribution >= 0.6 is 0 Å². The quantitative estimate of drug-likeness (QED) is 0.582. The molecule has 1 heterocycles. The highest BCUT2D eigenvalue weighted by Gasteiger charge is 2.41. The molecule has 0 bridgehead atoms. The van der Waals surface area contributed by atoms with E-state index in [1.807, 2.05) is 48.5 Å². The number of carbonyl (C=O) groups excluding carboxylic acids is 2. The van der Waals surface area contributed by atoms with E-state index in [-0.39, 0.29) is 31.9 Å². The van der Waals surface area contributed by atoms with Gasteiger partial charge in [-0.1, -0.05) is 48.5 Å². The van der Waals surface area contributed by atoms with Gasteiger partial charge in [0.25, 0.3) is 0 Å². The number of carboxylic acid groups (broad SMARTS) is 1. The number of likely N-dealkylation sites (tertiary alicyclic amines) is 1. The maximum atomic E-state index is 12.9. The summed E-state index contributed by atoms with van der Waals surface area (Å²) in [6, 6.07) is 13.5. The molecule has 8 heteroatoms. The minimum Gasteiger partial charge on any atom is -0.480 e. The number of ether oxygens (including phenoxy) is 1. The molecular weight excluding hydrogens is 424 g/mol. The number of terminal acetylenes is 1. The highest BCUT2D eigenvalue weighted by Crippen LogP contribution is 2.44. The van der Waals surface area contributed by atoms with Crippen molar-refractivity contribution in [3.8, 4) is 23.5 Å². The fourth-order valence-electron chi connectivity index (χ4n) is 4.59. The normalized spacial score (nSPS) is 19.8. The summed E-state index contributed by atoms with van der Waals surface area (Å²) in [6.07, 6.45) is 3.38. The number of carboxylic acids is 1. The van der Waals surface area contributed by atoms with Crippen LogP contribution < -0.4 is 5.32 Å². The van der Waals surface area contributed by atoms with Gasteiger partial charge in [0.15, 0.2) is 0 Å². The van der Waals surface area contributed by atoms with Gasteiger partial charge in [-0.05, 0) is 22.3 Å². The molecule has 2 aromatic rings. The molecular formula is C25H24N2O6. The lowest BCUT2D eigenvalue weighted by Crippen LogP contribution is -2.51. The highest BCUT2D eigenvalue weighted by atomic mass is 16.5. The van der Waals surface area contributed by atoms with Gasteiger partial charge >= 0.3 is 12.1 Å². The predicted molar refractivity (Wildman–Crippen MR) is 119 cm³/mol. The van der Waals surface area contributed by atoms with Crippen LogP contribution in [0.1, 0.15) is 29.9 Å². The molecule has 1 saturated heterocycles. The maximum absolute atomic E-state index is 12.9. The Labute approximate surface area is 191 Å². The van der Waals surface area contributed by atoms with Crippen molar-refractivity contribution >= 4 is 18.0 Å². The number of nitrogens with one attached hydrogen (secondary N) is 1. The fraction of sp³-hybridized carbons (Fsp3) is 0.320. The van der Waals surface area contributed by atoms with Crippen LogP contribution in [-0.2, 0) is 14.3 Å². The Morgan fingerprint density at radius 3 is 2.30 bits per heavy atom. The molecule has 8 nitrogen and oxygen atoms in total. The first-order chi connectivity index (χ1) is 15.9. The average Bonchev–Trinajstić information content (AvgIpc) is 3.35. The molecule has 3 atom stereocenters. The van der Waals surface area contributed by atoms with Crippen molar-refractivity contribution < 1.29 is 29.3 Å². The molecule has 0 spiro atoms. The summed E-state index contributed by atoms with van der Waals surface area (Å²) in [5.74, 6) is 0.301. The molecule has 2 aromatic carbocycles. The number of carbonyl (C=O) groups is 3. The van der Waals surface area contributed by atoms with Gasteiger partial charge in [-0.3, -0.25) is 4.79 Å². The molecule has 0 aromatic heterocycles. The Balaban J connectivity index is 1.44. The smallest absolute Gasteiger partial charge is 0.407 e. The van der Waals surface area contributed by atoms with Gasteiger partial charge in [0.05, 0.1) is 6.10 Å². The molecule has 1 aliphatic heterocycles. The van der Waals surface area contributed by atoms with Crippen molar-refractivity contribution in [2.75, 3.05) is 13.2 Å². The molecule has 4 rings (SSSR count). The molecule has 1 fully saturated rings. The third-order valence-electron chi connectivity index (χ3n) is 6.10. The Hall–Kier alpha value is -3.83. The Kier molecular flexibility index (Phi) is 6.33. The zero-order valence-corrected chi connectivity index (χ0v) is 17.8. The number of alkyl carbamates (subject to hydrolysis) is 1. The Morgan fingerprint density at radius 2 is 1.73 bits per heavy atom. The SMILES string of the molecule is C#CCC(NC(=O)OCC1c2ccccc2-c2ccccc21)C(=O)N1C[C@H](O)C[C@@H]1C(=O)O. The van der Waals surface area contributed by atoms with Crippen LogP contribution in [0.3, 0.4) is 0 Å². The predicted octanol–water partition coefficient (Wildman–Crippen LogP) is 1.96. The van der Waals surface area contributed by atoms with Gasteiger partial charge in [-0.25, -0.2) is 9.59 Å². The van der Waals surface area contributed by atoms with Crippen LogP contribution in [0.5, 0.6) is 0 Å². The summed E-state index contributed by atoms with van der Waals surface area (Å²) in [7, 11) is 0. The standard InChI is InChI=1S/C25H24N2O6/c1-2-7-21(23(29)27-13-15(28)12-22(27)24(30)31)26-25(32)33-14-20-18-10-5-3-8-16(18)17-9-4-6-11-19(17)20/h1,3-6,8-11,15,20-22,28H,7,12-14H2,(H,26,32)(H,30,31)/t15-,21?,22-/m1/s1. The van der Waals surface area contributed by atoms with Gasteiger partial charge < -0.3 is 25.2 Å². The lowest BCUT2D eigenvalue weighted by atomic mass is 9.98. The third-order valence-corrected chi connectivity index (χ3v) is 6.10. The van der Waals surface area contributed by atoms with E-state index in [1.165, 1.54) is 0 Å². The van der Waals surface area contributed by atoms with Gasteiger partial charge in [-0.15, -0.1) is 12.3 Å². The molecule has 3 N–H and O–H groups in total. The van der Waals surface area contributed by atoms with Gasteiger partial charge in [0.2, 0.25) is 5.91 Å². The van der Waals surface area contributed by atoms with Crippen molar-refractivity contribution in [3.05, 3.63) is 59.7 Å². The monoisotopic (exact) mass is 448 g/mol. The summed E-state index contributed by atoms with van der Waals surface area (Å²) in [6.45, 7) is -0.0692. The molecule has 33 heavy (non-hydrogen) atoms. The minimum absolute atomic E-state index is 0.0665. The number of aliphatic hydroxyl groups excluding tert-OH is 1. The lowest BCUT2D eigenvalue weighted by molar-refractivity contribution is -0.148. The maximum Gasteiger partial charge on any atom is 0.407 e. The Morgan fingerprint density at radius 1 is 1.12 bits per heavy atom. The van der Waals surface area contributed by atoms with Crippen molar-refractivity contribution in [3.63, 3.8) is 0 Å². The van der Waals surface area contributed by atoms with E-state index in [9.17, 15) is 24.6 Å². The van der Waals surface area contributed by atoms with Crippen molar-refractivity contribution in [2.45, 2.75) is 36.9 Å². The molecule has 170 valence electrons. The number of amides is 2. The van der Waals surface area contributed by atoms with Gasteiger partial charge in [0, 0.05) is 25.3 Å². The summed E-state index contributed by atoms with van der Waals surface area (Å²) >= 11 is 0. The van der Waals surface area contributed by atoms with Gasteiger partial charge in [0.1, 0.15) is 18.7 Å². The van der Waals surface area contributed by atoms with Crippen molar-refractivity contribution in [1.82, 2.24) is 10.2 Å². The summed E-state index contributed by atoms with van der Waals surface area (Å²) in [5.41, 5.74) is 4.29. The number of aliphatic carboxylic acids is 1. The number of hydrogen-bond donors (Lipinski definition) is 3. The lowest BCUT2D eigenvalue weighted by Gasteiger charge is -2.26. The molecule has 0 radical (unpaired) electrons. The van der Waals surface area contributed by atoms with E-state index < -0.39 is 36.2 Å². The van der Waals surface area contributed by atoms with Crippen LogP contribution in [0, 0.1) is 12.3 Å². The van der Waals surface area contributed by atoms with E-state index in [0.29, 0.717) is 0 Å². The zero-order chi connectivity index (χ0) is 23.5. The average molecular weight is 448 g/mol. The first-order valence-electron chi connectivity index (χ1n) is 10.7. The molecule has 2 aliphatic rings. The van der Waals surface area contributed by atoms with Gasteiger partial charge in [-0.2, -0.15) is 0 Å². The second-order valence-corrected chi connectivity index (χ2v) is 8.16. The minimum atomic E-state index is -1.22. The number of hydrogen-bond acceptors (Lipinski definition) is 5. The van der Waals surface area contributed by atoms with Crippen LogP contribution in [0.15, 0.2) is 48.5 Å². The number of nitrogens with zero attached hydrogens (tertiary/aromatic N) is 1. The van der Waals surface area contributed by atoms with E-state index in [2.05, 4.69) is 11.2 Å². The number of aliphatic hydroxyl groups is 1. The zero-order valence-electron chi connectivity index (χ0n) is 17.8. The number of β-amino-alcohol motifs (C(OH)–C–C–N with tert-alkyl or cyclic N) is 1. The van der Waals surface area contributed by atoms with E-state index >= 15 is 0 Å². The van der Waals surface area contributed by atoms with Crippen LogP contribution in [0.4, 0.5) is 4.79 Å². The second kappa shape index (κ2) is 9.35. The molecule has 0 saturated carbocycles. The van der Waals surface area contributed by atoms with E-state index in [0.717, 1.165) is 27.2 Å². The van der Waals surface area contributed by atoms with E-state index in [1.54, 1.807) is 0 Å². The van der Waals surface area contributed by atoms with Crippen LogP contribution in [0.25, 0.3) is 11.1 Å². The second-order valence-electron chi connectivity index (χ2n) is 8.16. The van der Waals surface area contributed by atoms with Crippen molar-refractivity contribution in [1.29, 1.82) is 0 Å². The number of fused-ring (bicyclic) bond motifs is 3. The summed E-state index contributed by atoms with van der Waals surface area (Å²) in [5, 5.41) is 21.6. The fourth-order valence-corrected chi connectivity index (χ4v) is 4.59. The number of rotatable bonds is 6. The highest BCUT2D eigenvalue weighted by molar-refractivity contribution is 5.90. The molecule has 2 amide bonds. The van der Waals surface area contributed by atoms with Crippen LogP contribution in [-0.4, -0.2) is 64.4 Å². The summed E-state index contributed by atoms with van der Waals surface area (Å²) < 4.78 is 5.47. The summed E-state index contributed by atoms with van der Waals surface area (Å²) in [4.78, 5) is 38.0.